The highest BCUT2D eigenvalue weighted by molar-refractivity contribution is 5.94. The van der Waals surface area contributed by atoms with Crippen molar-refractivity contribution in [2.75, 3.05) is 18.4 Å². The maximum absolute atomic E-state index is 13.3. The Balaban J connectivity index is 1.55. The van der Waals surface area contributed by atoms with E-state index in [-0.39, 0.29) is 24.4 Å². The van der Waals surface area contributed by atoms with Crippen LogP contribution in [0.4, 0.5) is 10.6 Å². The van der Waals surface area contributed by atoms with Gasteiger partial charge in [-0.05, 0) is 37.0 Å². The minimum atomic E-state index is -0.286. The zero-order valence-corrected chi connectivity index (χ0v) is 22.4. The van der Waals surface area contributed by atoms with Crippen LogP contribution in [0.2, 0.25) is 0 Å². The lowest BCUT2D eigenvalue weighted by Gasteiger charge is -2.24. The van der Waals surface area contributed by atoms with Gasteiger partial charge in [-0.1, -0.05) is 92.2 Å². The fourth-order valence-electron chi connectivity index (χ4n) is 4.35. The molecule has 0 saturated heterocycles. The number of anilines is 1. The van der Waals surface area contributed by atoms with E-state index in [1.165, 1.54) is 0 Å². The number of hydrogen-bond acceptors (Lipinski definition) is 3. The second-order valence-corrected chi connectivity index (χ2v) is 9.95. The van der Waals surface area contributed by atoms with Gasteiger partial charge >= 0.3 is 6.03 Å². The molecule has 196 valence electrons. The number of benzene rings is 3. The Morgan fingerprint density at radius 3 is 2.26 bits per heavy atom. The van der Waals surface area contributed by atoms with Gasteiger partial charge in [0.05, 0.1) is 11.4 Å². The van der Waals surface area contributed by atoms with Crippen LogP contribution in [-0.4, -0.2) is 39.7 Å². The van der Waals surface area contributed by atoms with Gasteiger partial charge in [-0.25, -0.2) is 9.48 Å². The third-order valence-electron chi connectivity index (χ3n) is 6.12. The molecule has 0 bridgehead atoms. The molecule has 7 heteroatoms. The first-order valence-corrected chi connectivity index (χ1v) is 12.9. The number of rotatable bonds is 9. The number of nitrogens with zero attached hydrogens (tertiary/aromatic N) is 3. The van der Waals surface area contributed by atoms with Crippen LogP contribution < -0.4 is 10.6 Å². The summed E-state index contributed by atoms with van der Waals surface area (Å²) in [6.45, 7) is 8.91. The molecule has 4 aromatic rings. The van der Waals surface area contributed by atoms with Crippen molar-refractivity contribution in [3.8, 4) is 16.9 Å². The van der Waals surface area contributed by atoms with Gasteiger partial charge < -0.3 is 15.5 Å². The minimum Gasteiger partial charge on any atom is -0.334 e. The highest BCUT2D eigenvalue weighted by Gasteiger charge is 2.21. The molecular weight excluding hydrogens is 474 g/mol. The molecule has 7 nitrogen and oxygen atoms in total. The predicted octanol–water partition coefficient (Wildman–Crippen LogP) is 5.96. The summed E-state index contributed by atoms with van der Waals surface area (Å²) >= 11 is 0. The molecular formula is C31H35N5O2. The lowest BCUT2D eigenvalue weighted by molar-refractivity contribution is -0.116. The van der Waals surface area contributed by atoms with Crippen LogP contribution in [0.1, 0.15) is 30.5 Å². The Kier molecular flexibility index (Phi) is 8.58. The van der Waals surface area contributed by atoms with Crippen molar-refractivity contribution in [1.29, 1.82) is 0 Å². The number of hydrogen-bond donors (Lipinski definition) is 2. The van der Waals surface area contributed by atoms with Gasteiger partial charge in [0.25, 0.3) is 0 Å². The Labute approximate surface area is 224 Å². The molecule has 2 N–H and O–H groups in total. The summed E-state index contributed by atoms with van der Waals surface area (Å²) in [7, 11) is 0. The molecule has 0 radical (unpaired) electrons. The minimum absolute atomic E-state index is 0.0719. The highest BCUT2D eigenvalue weighted by Crippen LogP contribution is 2.26. The second kappa shape index (κ2) is 12.2. The van der Waals surface area contributed by atoms with Crippen molar-refractivity contribution < 1.29 is 9.59 Å². The van der Waals surface area contributed by atoms with Crippen molar-refractivity contribution in [2.24, 2.45) is 5.92 Å². The predicted molar refractivity (Wildman–Crippen MR) is 152 cm³/mol. The molecule has 38 heavy (non-hydrogen) atoms. The molecule has 3 aromatic carbocycles. The number of urea groups is 1. The van der Waals surface area contributed by atoms with Crippen molar-refractivity contribution in [3.63, 3.8) is 0 Å². The molecule has 0 aliphatic carbocycles. The van der Waals surface area contributed by atoms with Crippen LogP contribution in [0, 0.1) is 19.8 Å². The monoisotopic (exact) mass is 509 g/mol. The summed E-state index contributed by atoms with van der Waals surface area (Å²) in [5.74, 6) is 0.469. The fourth-order valence-corrected chi connectivity index (χ4v) is 4.35. The van der Waals surface area contributed by atoms with Crippen LogP contribution in [0.5, 0.6) is 0 Å². The summed E-state index contributed by atoms with van der Waals surface area (Å²) in [5, 5.41) is 10.8. The molecule has 3 amide bonds. The molecule has 1 aromatic heterocycles. The lowest BCUT2D eigenvalue weighted by Crippen LogP contribution is -2.45. The van der Waals surface area contributed by atoms with Crippen molar-refractivity contribution in [2.45, 2.75) is 34.2 Å². The summed E-state index contributed by atoms with van der Waals surface area (Å²) in [5.41, 5.74) is 5.78. The van der Waals surface area contributed by atoms with Gasteiger partial charge in [-0.3, -0.25) is 4.79 Å². The fraction of sp³-hybridized carbons (Fsp3) is 0.258. The van der Waals surface area contributed by atoms with Gasteiger partial charge in [-0.15, -0.1) is 0 Å². The molecule has 0 unspecified atom stereocenters. The Bertz CT molecular complexity index is 1380. The van der Waals surface area contributed by atoms with E-state index in [2.05, 4.69) is 16.7 Å². The number of aromatic nitrogens is 2. The van der Waals surface area contributed by atoms with Gasteiger partial charge in [0, 0.05) is 24.7 Å². The summed E-state index contributed by atoms with van der Waals surface area (Å²) in [6.07, 6.45) is 0. The van der Waals surface area contributed by atoms with Gasteiger partial charge in [0.15, 0.2) is 0 Å². The zero-order chi connectivity index (χ0) is 27.1. The number of carbonyl (C=O) groups excluding carboxylic acids is 2. The van der Waals surface area contributed by atoms with E-state index in [9.17, 15) is 9.59 Å². The molecule has 4 rings (SSSR count). The Morgan fingerprint density at radius 2 is 1.61 bits per heavy atom. The second-order valence-electron chi connectivity index (χ2n) is 9.95. The summed E-state index contributed by atoms with van der Waals surface area (Å²) in [6, 6.07) is 27.3. The van der Waals surface area contributed by atoms with E-state index < -0.39 is 0 Å². The molecule has 0 saturated carbocycles. The average molecular weight is 510 g/mol. The molecule has 0 aliphatic heterocycles. The maximum Gasteiger partial charge on any atom is 0.318 e. The van der Waals surface area contributed by atoms with E-state index in [1.54, 1.807) is 9.58 Å². The van der Waals surface area contributed by atoms with Crippen LogP contribution in [-0.2, 0) is 11.3 Å². The summed E-state index contributed by atoms with van der Waals surface area (Å²) < 4.78 is 1.76. The number of nitrogens with one attached hydrogen (secondary N) is 2. The van der Waals surface area contributed by atoms with Crippen LogP contribution >= 0.6 is 0 Å². The van der Waals surface area contributed by atoms with Gasteiger partial charge in [0.1, 0.15) is 12.4 Å². The average Bonchev–Trinajstić information content (AvgIpc) is 3.31. The highest BCUT2D eigenvalue weighted by atomic mass is 16.2. The van der Waals surface area contributed by atoms with E-state index in [0.29, 0.717) is 18.9 Å². The SMILES string of the molecule is Cc1ccc(-n2nc(-c3ccccc3)cc2NC(=O)CN(CC(C)C)C(=O)NCc2ccccc2)c(C)c1. The smallest absolute Gasteiger partial charge is 0.318 e. The molecule has 0 atom stereocenters. The quantitative estimate of drug-likeness (QED) is 0.292. The van der Waals surface area contributed by atoms with Crippen molar-refractivity contribution in [3.05, 3.63) is 102 Å². The Morgan fingerprint density at radius 1 is 0.921 bits per heavy atom. The molecule has 0 fully saturated rings. The first kappa shape index (κ1) is 26.7. The first-order chi connectivity index (χ1) is 18.3. The van der Waals surface area contributed by atoms with Crippen molar-refractivity contribution in [1.82, 2.24) is 20.0 Å². The number of carbonyl (C=O) groups is 2. The third-order valence-corrected chi connectivity index (χ3v) is 6.12. The van der Waals surface area contributed by atoms with E-state index >= 15 is 0 Å². The molecule has 1 heterocycles. The lowest BCUT2D eigenvalue weighted by atomic mass is 10.1. The maximum atomic E-state index is 13.3. The van der Waals surface area contributed by atoms with Crippen LogP contribution in [0.15, 0.2) is 84.9 Å². The van der Waals surface area contributed by atoms with Gasteiger partial charge in [-0.2, -0.15) is 5.10 Å². The number of aryl methyl sites for hydroxylation is 2. The normalized spacial score (nSPS) is 10.9. The Hall–Kier alpha value is -4.39. The van der Waals surface area contributed by atoms with E-state index in [0.717, 1.165) is 33.6 Å². The molecule has 0 aliphatic rings. The van der Waals surface area contributed by atoms with Gasteiger partial charge in [0.2, 0.25) is 5.91 Å². The largest absolute Gasteiger partial charge is 0.334 e. The van der Waals surface area contributed by atoms with Crippen LogP contribution in [0.25, 0.3) is 16.9 Å². The van der Waals surface area contributed by atoms with Crippen LogP contribution in [0.3, 0.4) is 0 Å². The third kappa shape index (κ3) is 6.88. The molecule has 0 spiro atoms. The standard InChI is InChI=1S/C31H35N5O2/c1-22(2)20-35(31(38)32-19-25-11-7-5-8-12-25)21-30(37)33-29-18-27(26-13-9-6-10-14-26)34-36(29)28-16-15-23(3)17-24(28)4/h5-18,22H,19-21H2,1-4H3,(H,32,38)(H,33,37). The summed E-state index contributed by atoms with van der Waals surface area (Å²) in [4.78, 5) is 27.8. The zero-order valence-electron chi connectivity index (χ0n) is 22.4. The van der Waals surface area contributed by atoms with Crippen molar-refractivity contribution >= 4 is 17.8 Å². The topological polar surface area (TPSA) is 79.3 Å². The number of amides is 3. The first-order valence-electron chi connectivity index (χ1n) is 12.9. The van der Waals surface area contributed by atoms with E-state index in [4.69, 9.17) is 5.10 Å². The van der Waals surface area contributed by atoms with E-state index in [1.807, 2.05) is 107 Å².